The lowest BCUT2D eigenvalue weighted by Crippen LogP contribution is -2.26. The lowest BCUT2D eigenvalue weighted by molar-refractivity contribution is 0.0304. The maximum Gasteiger partial charge on any atom is 0.339 e. The minimum absolute atomic E-state index is 0.0759. The van der Waals surface area contributed by atoms with Crippen molar-refractivity contribution in [2.24, 2.45) is 0 Å². The summed E-state index contributed by atoms with van der Waals surface area (Å²) in [6.07, 6.45) is 1.11. The molecule has 100 valence electrons. The second-order valence-electron chi connectivity index (χ2n) is 4.51. The van der Waals surface area contributed by atoms with E-state index < -0.39 is 17.4 Å². The lowest BCUT2D eigenvalue weighted by Gasteiger charge is -2.22. The van der Waals surface area contributed by atoms with Gasteiger partial charge in [-0.2, -0.15) is 0 Å². The quantitative estimate of drug-likeness (QED) is 0.890. The first kappa shape index (κ1) is 13.3. The molecule has 0 spiro atoms. The molecule has 1 heterocycles. The summed E-state index contributed by atoms with van der Waals surface area (Å²) in [5.41, 5.74) is -1.43. The Morgan fingerprint density at radius 3 is 2.68 bits per heavy atom. The van der Waals surface area contributed by atoms with Crippen LogP contribution in [0.25, 0.3) is 0 Å². The number of hydrogen-bond acceptors (Lipinski definition) is 3. The third-order valence-electron chi connectivity index (χ3n) is 2.88. The van der Waals surface area contributed by atoms with Gasteiger partial charge in [-0.15, -0.1) is 0 Å². The Morgan fingerprint density at radius 2 is 2.05 bits per heavy atom. The second-order valence-corrected chi connectivity index (χ2v) is 4.51. The maximum atomic E-state index is 13.6. The van der Waals surface area contributed by atoms with Gasteiger partial charge in [-0.05, 0) is 24.6 Å². The van der Waals surface area contributed by atoms with Crippen LogP contribution >= 0.6 is 0 Å². The molecule has 0 aliphatic carbocycles. The molecule has 5 heteroatoms. The summed E-state index contributed by atoms with van der Waals surface area (Å²) < 4.78 is 18.6. The molecular formula is C14H13FO4. The largest absolute Gasteiger partial charge is 0.478 e. The van der Waals surface area contributed by atoms with Crippen LogP contribution in [0.1, 0.15) is 28.6 Å². The van der Waals surface area contributed by atoms with Gasteiger partial charge in [0.1, 0.15) is 22.7 Å². The number of furan rings is 1. The maximum absolute atomic E-state index is 13.6. The summed E-state index contributed by atoms with van der Waals surface area (Å²) >= 11 is 0. The number of aromatic carboxylic acids is 1. The van der Waals surface area contributed by atoms with Crippen molar-refractivity contribution in [2.75, 3.05) is 0 Å². The van der Waals surface area contributed by atoms with Gasteiger partial charge in [-0.25, -0.2) is 9.18 Å². The van der Waals surface area contributed by atoms with E-state index in [0.29, 0.717) is 5.56 Å². The van der Waals surface area contributed by atoms with Gasteiger partial charge in [0.05, 0.1) is 6.26 Å². The van der Waals surface area contributed by atoms with E-state index in [1.54, 1.807) is 12.1 Å². The van der Waals surface area contributed by atoms with Crippen molar-refractivity contribution in [1.29, 1.82) is 0 Å². The van der Waals surface area contributed by atoms with Crippen LogP contribution in [0.4, 0.5) is 4.39 Å². The molecule has 0 saturated heterocycles. The fourth-order valence-electron chi connectivity index (χ4n) is 1.99. The first-order valence-electron chi connectivity index (χ1n) is 5.69. The molecule has 1 atom stereocenters. The minimum Gasteiger partial charge on any atom is -0.478 e. The Labute approximate surface area is 109 Å². The zero-order chi connectivity index (χ0) is 14.0. The molecule has 0 bridgehead atoms. The molecule has 1 aromatic heterocycles. The van der Waals surface area contributed by atoms with Gasteiger partial charge in [0.15, 0.2) is 0 Å². The van der Waals surface area contributed by atoms with Crippen LogP contribution < -0.4 is 0 Å². The molecule has 1 unspecified atom stereocenters. The Bertz CT molecular complexity index is 601. The first-order valence-corrected chi connectivity index (χ1v) is 5.69. The van der Waals surface area contributed by atoms with E-state index in [1.165, 1.54) is 31.4 Å². The van der Waals surface area contributed by atoms with Crippen LogP contribution in [0.5, 0.6) is 0 Å². The van der Waals surface area contributed by atoms with Crippen molar-refractivity contribution in [3.8, 4) is 0 Å². The molecule has 0 aliphatic rings. The molecule has 1 aromatic carbocycles. The van der Waals surface area contributed by atoms with E-state index in [2.05, 4.69) is 0 Å². The Balaban J connectivity index is 2.35. The number of benzene rings is 1. The highest BCUT2D eigenvalue weighted by atomic mass is 19.1. The fraction of sp³-hybridized carbons (Fsp3) is 0.214. The molecule has 0 saturated carbocycles. The highest BCUT2D eigenvalue weighted by Crippen LogP contribution is 2.29. The fourth-order valence-corrected chi connectivity index (χ4v) is 1.99. The van der Waals surface area contributed by atoms with Gasteiger partial charge in [0.25, 0.3) is 0 Å². The lowest BCUT2D eigenvalue weighted by atomic mass is 9.91. The normalized spacial score (nSPS) is 14.1. The molecular weight excluding hydrogens is 251 g/mol. The summed E-state index contributed by atoms with van der Waals surface area (Å²) in [7, 11) is 0. The molecule has 2 aromatic rings. The molecule has 0 aliphatic heterocycles. The predicted octanol–water partition coefficient (Wildman–Crippen LogP) is 2.57. The smallest absolute Gasteiger partial charge is 0.339 e. The van der Waals surface area contributed by atoms with Crippen LogP contribution in [0, 0.1) is 5.82 Å². The summed E-state index contributed by atoms with van der Waals surface area (Å²) in [4.78, 5) is 11.0. The molecule has 4 nitrogen and oxygen atoms in total. The summed E-state index contributed by atoms with van der Waals surface area (Å²) in [6.45, 7) is 1.39. The van der Waals surface area contributed by atoms with Crippen molar-refractivity contribution in [3.63, 3.8) is 0 Å². The third kappa shape index (κ3) is 2.66. The van der Waals surface area contributed by atoms with Crippen LogP contribution in [-0.4, -0.2) is 16.2 Å². The van der Waals surface area contributed by atoms with Crippen molar-refractivity contribution >= 4 is 5.97 Å². The summed E-state index contributed by atoms with van der Waals surface area (Å²) in [5.74, 6) is -1.73. The SMILES string of the molecule is CC(O)(Cc1ccccc1F)c1occc1C(=O)O. The molecule has 0 amide bonds. The van der Waals surface area contributed by atoms with E-state index in [1.807, 2.05) is 0 Å². The van der Waals surface area contributed by atoms with Crippen molar-refractivity contribution in [1.82, 2.24) is 0 Å². The molecule has 2 rings (SSSR count). The number of carbonyl (C=O) groups is 1. The first-order chi connectivity index (χ1) is 8.92. The van der Waals surface area contributed by atoms with Gasteiger partial charge < -0.3 is 14.6 Å². The Morgan fingerprint density at radius 1 is 1.37 bits per heavy atom. The number of carboxylic acid groups (broad SMARTS) is 1. The average Bonchev–Trinajstić information content (AvgIpc) is 2.82. The zero-order valence-electron chi connectivity index (χ0n) is 10.3. The number of carboxylic acids is 1. The van der Waals surface area contributed by atoms with E-state index in [-0.39, 0.29) is 17.7 Å². The highest BCUT2D eigenvalue weighted by Gasteiger charge is 2.33. The second kappa shape index (κ2) is 4.85. The highest BCUT2D eigenvalue weighted by molar-refractivity contribution is 5.89. The standard InChI is InChI=1S/C14H13FO4/c1-14(18,8-9-4-2-3-5-11(9)15)12-10(13(16)17)6-7-19-12/h2-7,18H,8H2,1H3,(H,16,17). The van der Waals surface area contributed by atoms with Crippen LogP contribution in [0.2, 0.25) is 0 Å². The van der Waals surface area contributed by atoms with Gasteiger partial charge in [-0.3, -0.25) is 0 Å². The van der Waals surface area contributed by atoms with Gasteiger partial charge in [-0.1, -0.05) is 18.2 Å². The topological polar surface area (TPSA) is 70.7 Å². The monoisotopic (exact) mass is 264 g/mol. The Hall–Kier alpha value is -2.14. The molecule has 2 N–H and O–H groups in total. The minimum atomic E-state index is -1.60. The Kier molecular flexibility index (Phi) is 3.40. The van der Waals surface area contributed by atoms with E-state index in [4.69, 9.17) is 9.52 Å². The third-order valence-corrected chi connectivity index (χ3v) is 2.88. The number of aliphatic hydroxyl groups is 1. The van der Waals surface area contributed by atoms with Crippen molar-refractivity contribution < 1.29 is 23.8 Å². The number of rotatable bonds is 4. The number of halogens is 1. The number of hydrogen-bond donors (Lipinski definition) is 2. The summed E-state index contributed by atoms with van der Waals surface area (Å²) in [6, 6.07) is 7.27. The van der Waals surface area contributed by atoms with Gasteiger partial charge >= 0.3 is 5.97 Å². The predicted molar refractivity (Wildman–Crippen MR) is 65.3 cm³/mol. The molecule has 19 heavy (non-hydrogen) atoms. The van der Waals surface area contributed by atoms with Crippen LogP contribution in [-0.2, 0) is 12.0 Å². The average molecular weight is 264 g/mol. The van der Waals surface area contributed by atoms with Crippen LogP contribution in [0.15, 0.2) is 41.0 Å². The van der Waals surface area contributed by atoms with E-state index >= 15 is 0 Å². The molecule has 0 radical (unpaired) electrons. The van der Waals surface area contributed by atoms with E-state index in [9.17, 15) is 14.3 Å². The summed E-state index contributed by atoms with van der Waals surface area (Å²) in [5, 5.41) is 19.4. The van der Waals surface area contributed by atoms with E-state index in [0.717, 1.165) is 0 Å². The van der Waals surface area contributed by atoms with Gasteiger partial charge in [0, 0.05) is 6.42 Å². The van der Waals surface area contributed by atoms with Crippen LogP contribution in [0.3, 0.4) is 0 Å². The van der Waals surface area contributed by atoms with Crippen molar-refractivity contribution in [2.45, 2.75) is 18.9 Å². The van der Waals surface area contributed by atoms with Gasteiger partial charge in [0.2, 0.25) is 0 Å². The van der Waals surface area contributed by atoms with Crippen molar-refractivity contribution in [3.05, 3.63) is 59.3 Å². The zero-order valence-corrected chi connectivity index (χ0v) is 10.3. The molecule has 0 fully saturated rings.